The second-order valence-electron chi connectivity index (χ2n) is 9.36. The molecule has 3 atom stereocenters. The van der Waals surface area contributed by atoms with Crippen molar-refractivity contribution in [2.24, 2.45) is 0 Å². The first-order valence-electron chi connectivity index (χ1n) is 12.6. The van der Waals surface area contributed by atoms with Crippen LogP contribution in [0.3, 0.4) is 0 Å². The maximum Gasteiger partial charge on any atom is 0.270 e. The SMILES string of the molecule is CCN1CCC[C@H]1CNC(=O)c1cc(Oc2ccc3nc(N[C@@H]4CCCC[C@H]4O)sc3c2)ccn1. The number of hydrogen-bond acceptors (Lipinski definition) is 8. The fraction of sp³-hybridized carbons (Fsp3) is 0.500. The molecule has 1 saturated heterocycles. The Morgan fingerprint density at radius 3 is 2.89 bits per heavy atom. The molecule has 1 aliphatic heterocycles. The fourth-order valence-corrected chi connectivity index (χ4v) is 6.00. The topological polar surface area (TPSA) is 99.6 Å². The summed E-state index contributed by atoms with van der Waals surface area (Å²) in [5, 5.41) is 17.5. The summed E-state index contributed by atoms with van der Waals surface area (Å²) in [6.07, 6.45) is 7.57. The lowest BCUT2D eigenvalue weighted by molar-refractivity contribution is 0.0936. The van der Waals surface area contributed by atoms with Crippen LogP contribution in [-0.4, -0.2) is 63.7 Å². The van der Waals surface area contributed by atoms with Gasteiger partial charge in [0.05, 0.1) is 22.4 Å². The smallest absolute Gasteiger partial charge is 0.270 e. The summed E-state index contributed by atoms with van der Waals surface area (Å²) in [7, 11) is 0. The van der Waals surface area contributed by atoms with Crippen LogP contribution in [0.25, 0.3) is 10.2 Å². The molecule has 0 bridgehead atoms. The Morgan fingerprint density at radius 1 is 1.17 bits per heavy atom. The molecule has 0 unspecified atom stereocenters. The molecule has 3 heterocycles. The van der Waals surface area contributed by atoms with Crippen molar-refractivity contribution in [3.63, 3.8) is 0 Å². The van der Waals surface area contributed by atoms with Gasteiger partial charge in [0.1, 0.15) is 17.2 Å². The Labute approximate surface area is 209 Å². The van der Waals surface area contributed by atoms with Gasteiger partial charge in [-0.05, 0) is 57.0 Å². The lowest BCUT2D eigenvalue weighted by Crippen LogP contribution is -2.40. The van der Waals surface area contributed by atoms with Gasteiger partial charge in [0.2, 0.25) is 0 Å². The van der Waals surface area contributed by atoms with E-state index in [0.717, 1.165) is 60.5 Å². The summed E-state index contributed by atoms with van der Waals surface area (Å²) in [6.45, 7) is 4.90. The lowest BCUT2D eigenvalue weighted by Gasteiger charge is -2.27. The highest BCUT2D eigenvalue weighted by molar-refractivity contribution is 7.22. The van der Waals surface area contributed by atoms with Crippen LogP contribution >= 0.6 is 11.3 Å². The normalized spacial score (nSPS) is 22.9. The predicted molar refractivity (Wildman–Crippen MR) is 138 cm³/mol. The molecule has 8 nitrogen and oxygen atoms in total. The van der Waals surface area contributed by atoms with E-state index >= 15 is 0 Å². The number of nitrogens with zero attached hydrogens (tertiary/aromatic N) is 3. The molecule has 1 amide bonds. The van der Waals surface area contributed by atoms with E-state index < -0.39 is 0 Å². The molecule has 35 heavy (non-hydrogen) atoms. The molecular weight excluding hydrogens is 462 g/mol. The number of carbonyl (C=O) groups is 1. The maximum absolute atomic E-state index is 12.7. The zero-order valence-corrected chi connectivity index (χ0v) is 20.9. The minimum atomic E-state index is -0.323. The van der Waals surface area contributed by atoms with Crippen molar-refractivity contribution in [2.45, 2.75) is 63.6 Å². The molecule has 3 aromatic rings. The van der Waals surface area contributed by atoms with Crippen molar-refractivity contribution in [3.05, 3.63) is 42.2 Å². The first-order chi connectivity index (χ1) is 17.1. The van der Waals surface area contributed by atoms with Crippen molar-refractivity contribution in [2.75, 3.05) is 25.0 Å². The Bertz CT molecular complexity index is 1170. The van der Waals surface area contributed by atoms with Gasteiger partial charge in [-0.15, -0.1) is 0 Å². The number of aromatic nitrogens is 2. The van der Waals surface area contributed by atoms with Crippen LogP contribution in [0.2, 0.25) is 0 Å². The molecular formula is C26H33N5O3S. The fourth-order valence-electron chi connectivity index (χ4n) is 5.05. The van der Waals surface area contributed by atoms with Crippen LogP contribution in [0, 0.1) is 0 Å². The first-order valence-corrected chi connectivity index (χ1v) is 13.4. The number of aliphatic hydroxyl groups excluding tert-OH is 1. The number of carbonyl (C=O) groups excluding carboxylic acids is 1. The average Bonchev–Trinajstić information content (AvgIpc) is 3.50. The van der Waals surface area contributed by atoms with E-state index in [-0.39, 0.29) is 18.1 Å². The average molecular weight is 496 g/mol. The zero-order valence-electron chi connectivity index (χ0n) is 20.1. The number of thiazole rings is 1. The number of likely N-dealkylation sites (tertiary alicyclic amines) is 1. The van der Waals surface area contributed by atoms with Gasteiger partial charge in [0.15, 0.2) is 5.13 Å². The predicted octanol–water partition coefficient (Wildman–Crippen LogP) is 4.41. The number of anilines is 1. The van der Waals surface area contributed by atoms with Crippen LogP contribution in [0.4, 0.5) is 5.13 Å². The van der Waals surface area contributed by atoms with Crippen molar-refractivity contribution in [1.29, 1.82) is 0 Å². The van der Waals surface area contributed by atoms with Gasteiger partial charge in [-0.2, -0.15) is 0 Å². The number of pyridine rings is 1. The molecule has 9 heteroatoms. The highest BCUT2D eigenvalue weighted by atomic mass is 32.1. The minimum Gasteiger partial charge on any atom is -0.457 e. The van der Waals surface area contributed by atoms with Crippen LogP contribution in [0.1, 0.15) is 55.9 Å². The van der Waals surface area contributed by atoms with Crippen LogP contribution in [0.15, 0.2) is 36.5 Å². The number of aliphatic hydroxyl groups is 1. The third-order valence-corrected chi connectivity index (χ3v) is 7.95. The molecule has 186 valence electrons. The van der Waals surface area contributed by atoms with Gasteiger partial charge in [0, 0.05) is 30.9 Å². The quantitative estimate of drug-likeness (QED) is 0.426. The van der Waals surface area contributed by atoms with E-state index in [1.165, 1.54) is 6.42 Å². The molecule has 2 fully saturated rings. The summed E-state index contributed by atoms with van der Waals surface area (Å²) < 4.78 is 7.06. The summed E-state index contributed by atoms with van der Waals surface area (Å²) in [4.78, 5) is 24.0. The van der Waals surface area contributed by atoms with Gasteiger partial charge >= 0.3 is 0 Å². The van der Waals surface area contributed by atoms with E-state index in [0.29, 0.717) is 29.8 Å². The van der Waals surface area contributed by atoms with Crippen molar-refractivity contribution < 1.29 is 14.6 Å². The number of ether oxygens (including phenoxy) is 1. The van der Waals surface area contributed by atoms with Crippen LogP contribution in [-0.2, 0) is 0 Å². The zero-order chi connectivity index (χ0) is 24.2. The number of hydrogen-bond donors (Lipinski definition) is 3. The van der Waals surface area contributed by atoms with E-state index in [9.17, 15) is 9.90 Å². The third-order valence-electron chi connectivity index (χ3n) is 7.00. The molecule has 2 aliphatic rings. The van der Waals surface area contributed by atoms with Crippen LogP contribution in [0.5, 0.6) is 11.5 Å². The van der Waals surface area contributed by atoms with Crippen LogP contribution < -0.4 is 15.4 Å². The maximum atomic E-state index is 12.7. The summed E-state index contributed by atoms with van der Waals surface area (Å²) in [6, 6.07) is 9.64. The van der Waals surface area contributed by atoms with Crippen molar-refractivity contribution in [1.82, 2.24) is 20.2 Å². The van der Waals surface area contributed by atoms with Gasteiger partial charge in [-0.3, -0.25) is 14.7 Å². The Hall–Kier alpha value is -2.75. The summed E-state index contributed by atoms with van der Waals surface area (Å²) in [5.74, 6) is 1.05. The second kappa shape index (κ2) is 10.9. The van der Waals surface area contributed by atoms with E-state index in [2.05, 4.69) is 32.4 Å². The highest BCUT2D eigenvalue weighted by Gasteiger charge is 2.24. The number of fused-ring (bicyclic) bond motifs is 1. The molecule has 1 aromatic carbocycles. The molecule has 2 aromatic heterocycles. The Morgan fingerprint density at radius 2 is 2.03 bits per heavy atom. The standard InChI is InChI=1S/C26H33N5O3S/c1-2-31-13-5-6-17(31)16-28-25(33)22-14-19(11-12-27-22)34-18-9-10-21-24(15-18)35-26(30-21)29-20-7-3-4-8-23(20)32/h9-12,14-15,17,20,23,32H,2-8,13,16H2,1H3,(H,28,33)(H,29,30)/t17-,20+,23+/m0/s1. The number of rotatable bonds is 8. The lowest BCUT2D eigenvalue weighted by atomic mass is 9.93. The Balaban J connectivity index is 1.22. The molecule has 3 N–H and O–H groups in total. The largest absolute Gasteiger partial charge is 0.457 e. The van der Waals surface area contributed by atoms with Gasteiger partial charge in [0.25, 0.3) is 5.91 Å². The monoisotopic (exact) mass is 495 g/mol. The number of likely N-dealkylation sites (N-methyl/N-ethyl adjacent to an activating group) is 1. The minimum absolute atomic E-state index is 0.0557. The number of amides is 1. The summed E-state index contributed by atoms with van der Waals surface area (Å²) >= 11 is 1.55. The highest BCUT2D eigenvalue weighted by Crippen LogP contribution is 2.33. The first kappa shape index (κ1) is 24.0. The molecule has 1 saturated carbocycles. The molecule has 1 aliphatic carbocycles. The number of benzene rings is 1. The summed E-state index contributed by atoms with van der Waals surface area (Å²) in [5.41, 5.74) is 1.23. The van der Waals surface area contributed by atoms with E-state index in [1.54, 1.807) is 29.7 Å². The third kappa shape index (κ3) is 5.74. The van der Waals surface area contributed by atoms with Gasteiger partial charge < -0.3 is 20.5 Å². The number of nitrogens with one attached hydrogen (secondary N) is 2. The second-order valence-corrected chi connectivity index (χ2v) is 10.4. The van der Waals surface area contributed by atoms with Crippen molar-refractivity contribution >= 4 is 32.6 Å². The van der Waals surface area contributed by atoms with Gasteiger partial charge in [-0.25, -0.2) is 4.98 Å². The van der Waals surface area contributed by atoms with E-state index in [1.807, 2.05) is 18.2 Å². The van der Waals surface area contributed by atoms with Crippen molar-refractivity contribution in [3.8, 4) is 11.5 Å². The Kier molecular flexibility index (Phi) is 7.46. The van der Waals surface area contributed by atoms with E-state index in [4.69, 9.17) is 4.74 Å². The molecule has 5 rings (SSSR count). The molecule has 0 spiro atoms. The van der Waals surface area contributed by atoms with Gasteiger partial charge in [-0.1, -0.05) is 31.1 Å². The molecule has 0 radical (unpaired) electrons.